The molecule has 0 aromatic heterocycles. The Hall–Kier alpha value is -2.28. The number of hydrogen-bond acceptors (Lipinski definition) is 6. The normalized spacial score (nSPS) is 20.9. The summed E-state index contributed by atoms with van der Waals surface area (Å²) in [5, 5.41) is 13.5. The number of methoxy groups -OCH3 is 1. The highest BCUT2D eigenvalue weighted by atomic mass is 79.9. The van der Waals surface area contributed by atoms with E-state index in [2.05, 4.69) is 35.1 Å². The first kappa shape index (κ1) is 21.4. The van der Waals surface area contributed by atoms with Crippen molar-refractivity contribution in [3.63, 3.8) is 0 Å². The van der Waals surface area contributed by atoms with E-state index in [9.17, 15) is 14.7 Å². The molecular weight excluding hydrogens is 438 g/mol. The van der Waals surface area contributed by atoms with Gasteiger partial charge in [-0.25, -0.2) is 4.79 Å². The zero-order valence-electron chi connectivity index (χ0n) is 17.3. The molecule has 156 valence electrons. The number of carbonyl (C=O) groups excluding carboxylic acids is 2. The van der Waals surface area contributed by atoms with Crippen molar-refractivity contribution in [3.05, 3.63) is 44.7 Å². The molecule has 0 bridgehead atoms. The van der Waals surface area contributed by atoms with Crippen molar-refractivity contribution in [1.82, 2.24) is 5.32 Å². The minimum absolute atomic E-state index is 0.00575. The van der Waals surface area contributed by atoms with Crippen molar-refractivity contribution in [2.75, 3.05) is 13.7 Å². The summed E-state index contributed by atoms with van der Waals surface area (Å²) in [5.41, 5.74) is 3.00. The fourth-order valence-corrected chi connectivity index (χ4v) is 4.62. The van der Waals surface area contributed by atoms with E-state index >= 15 is 0 Å². The Balaban J connectivity index is 2.25. The number of benzene rings is 1. The molecule has 0 amide bonds. The molecule has 0 saturated heterocycles. The minimum Gasteiger partial charge on any atom is -0.503 e. The zero-order chi connectivity index (χ0) is 21.5. The van der Waals surface area contributed by atoms with Gasteiger partial charge in [-0.2, -0.15) is 0 Å². The van der Waals surface area contributed by atoms with Crippen LogP contribution < -0.4 is 10.1 Å². The lowest BCUT2D eigenvalue weighted by Gasteiger charge is -2.39. The number of dihydropyridines is 1. The predicted molar refractivity (Wildman–Crippen MR) is 113 cm³/mol. The average Bonchev–Trinajstić information content (AvgIpc) is 2.61. The standard InChI is InChI=1S/C22H26BrNO5/c1-6-29-21(27)17-11(2)24-14-9-22(3,4)10-15(25)19(14)18(17)12-7-13(23)20(26)16(8-12)28-5/h7-8,18,24,26H,6,9-10H2,1-5H3/t18-/m1/s1. The van der Waals surface area contributed by atoms with Gasteiger partial charge in [-0.05, 0) is 59.3 Å². The van der Waals surface area contributed by atoms with E-state index in [1.165, 1.54) is 7.11 Å². The van der Waals surface area contributed by atoms with E-state index in [0.29, 0.717) is 39.7 Å². The van der Waals surface area contributed by atoms with E-state index < -0.39 is 11.9 Å². The SMILES string of the molecule is CCOC(=O)C1=C(C)NC2=C(C(=O)CC(C)(C)C2)[C@@H]1c1cc(Br)c(O)c(OC)c1. The molecule has 2 N–H and O–H groups in total. The lowest BCUT2D eigenvalue weighted by atomic mass is 9.68. The first-order valence-corrected chi connectivity index (χ1v) is 10.4. The largest absolute Gasteiger partial charge is 0.503 e. The van der Waals surface area contributed by atoms with Gasteiger partial charge in [-0.3, -0.25) is 4.79 Å². The molecule has 3 rings (SSSR count). The van der Waals surface area contributed by atoms with E-state index in [-0.39, 0.29) is 29.3 Å². The number of rotatable bonds is 4. The van der Waals surface area contributed by atoms with Crippen LogP contribution in [0.2, 0.25) is 0 Å². The van der Waals surface area contributed by atoms with Crippen LogP contribution in [0.3, 0.4) is 0 Å². The van der Waals surface area contributed by atoms with Crippen LogP contribution in [-0.2, 0) is 14.3 Å². The number of esters is 1. The van der Waals surface area contributed by atoms with E-state index in [4.69, 9.17) is 9.47 Å². The first-order chi connectivity index (χ1) is 13.6. The van der Waals surface area contributed by atoms with Gasteiger partial charge in [-0.1, -0.05) is 13.8 Å². The van der Waals surface area contributed by atoms with Crippen molar-refractivity contribution in [2.45, 2.75) is 46.5 Å². The van der Waals surface area contributed by atoms with Crippen molar-refractivity contribution < 1.29 is 24.2 Å². The summed E-state index contributed by atoms with van der Waals surface area (Å²) in [7, 11) is 1.46. The Morgan fingerprint density at radius 1 is 1.34 bits per heavy atom. The van der Waals surface area contributed by atoms with Crippen LogP contribution in [0, 0.1) is 5.41 Å². The fraction of sp³-hybridized carbons (Fsp3) is 0.455. The molecule has 1 heterocycles. The number of phenolic OH excluding ortho intramolecular Hbond substituents is 1. The van der Waals surface area contributed by atoms with Gasteiger partial charge in [0.1, 0.15) is 0 Å². The smallest absolute Gasteiger partial charge is 0.336 e. The van der Waals surface area contributed by atoms with Gasteiger partial charge in [0.15, 0.2) is 17.3 Å². The lowest BCUT2D eigenvalue weighted by Crippen LogP contribution is -2.38. The third-order valence-corrected chi connectivity index (χ3v) is 5.94. The van der Waals surface area contributed by atoms with Crippen LogP contribution in [-0.4, -0.2) is 30.6 Å². The van der Waals surface area contributed by atoms with E-state index in [0.717, 1.165) is 5.70 Å². The third-order valence-electron chi connectivity index (χ3n) is 5.34. The Morgan fingerprint density at radius 3 is 2.66 bits per heavy atom. The third kappa shape index (κ3) is 3.92. The second-order valence-electron chi connectivity index (χ2n) is 8.20. The van der Waals surface area contributed by atoms with Crippen LogP contribution in [0.4, 0.5) is 0 Å². The van der Waals surface area contributed by atoms with E-state index in [1.54, 1.807) is 19.1 Å². The molecule has 7 heteroatoms. The maximum atomic E-state index is 13.2. The molecule has 0 spiro atoms. The molecule has 0 fully saturated rings. The number of ether oxygens (including phenoxy) is 2. The van der Waals surface area contributed by atoms with Crippen LogP contribution in [0.15, 0.2) is 39.1 Å². The summed E-state index contributed by atoms with van der Waals surface area (Å²) in [6.07, 6.45) is 1.10. The van der Waals surface area contributed by atoms with E-state index in [1.807, 2.05) is 6.92 Å². The number of carbonyl (C=O) groups is 2. The number of halogens is 1. The van der Waals surface area contributed by atoms with Crippen molar-refractivity contribution in [3.8, 4) is 11.5 Å². The molecular formula is C22H26BrNO5. The van der Waals surface area contributed by atoms with Crippen molar-refractivity contribution >= 4 is 27.7 Å². The van der Waals surface area contributed by atoms with Gasteiger partial charge in [-0.15, -0.1) is 0 Å². The fourth-order valence-electron chi connectivity index (χ4n) is 4.16. The summed E-state index contributed by atoms with van der Waals surface area (Å²) < 4.78 is 11.0. The zero-order valence-corrected chi connectivity index (χ0v) is 18.9. The van der Waals surface area contributed by atoms with Crippen molar-refractivity contribution in [2.24, 2.45) is 5.41 Å². The predicted octanol–water partition coefficient (Wildman–Crippen LogP) is 4.33. The van der Waals surface area contributed by atoms with Crippen molar-refractivity contribution in [1.29, 1.82) is 0 Å². The number of hydrogen-bond donors (Lipinski definition) is 2. The minimum atomic E-state index is -0.598. The molecule has 1 aromatic carbocycles. The molecule has 0 radical (unpaired) electrons. The number of Topliss-reactive ketones (excluding diaryl/α,β-unsaturated/α-hetero) is 1. The summed E-state index contributed by atoms with van der Waals surface area (Å²) >= 11 is 3.35. The van der Waals surface area contributed by atoms with Crippen LogP contribution in [0.5, 0.6) is 11.5 Å². The highest BCUT2D eigenvalue weighted by molar-refractivity contribution is 9.10. The highest BCUT2D eigenvalue weighted by Crippen LogP contribution is 2.48. The number of phenols is 1. The number of nitrogens with one attached hydrogen (secondary N) is 1. The molecule has 6 nitrogen and oxygen atoms in total. The maximum Gasteiger partial charge on any atom is 0.336 e. The summed E-state index contributed by atoms with van der Waals surface area (Å²) in [6, 6.07) is 3.39. The molecule has 1 atom stereocenters. The van der Waals surface area contributed by atoms with Crippen LogP contribution in [0.1, 0.15) is 52.0 Å². The Labute approximate surface area is 179 Å². The van der Waals surface area contributed by atoms with Crippen LogP contribution in [0.25, 0.3) is 0 Å². The Bertz CT molecular complexity index is 945. The second-order valence-corrected chi connectivity index (χ2v) is 9.06. The quantitative estimate of drug-likeness (QED) is 0.646. The number of aromatic hydroxyl groups is 1. The molecule has 29 heavy (non-hydrogen) atoms. The second kappa shape index (κ2) is 7.86. The van der Waals surface area contributed by atoms with Gasteiger partial charge in [0.2, 0.25) is 0 Å². The first-order valence-electron chi connectivity index (χ1n) is 9.57. The van der Waals surface area contributed by atoms with Gasteiger partial charge >= 0.3 is 5.97 Å². The molecule has 2 aliphatic rings. The molecule has 1 aromatic rings. The monoisotopic (exact) mass is 463 g/mol. The molecule has 0 unspecified atom stereocenters. The average molecular weight is 464 g/mol. The van der Waals surface area contributed by atoms with Gasteiger partial charge < -0.3 is 19.9 Å². The van der Waals surface area contributed by atoms with Gasteiger partial charge in [0.05, 0.1) is 23.8 Å². The summed E-state index contributed by atoms with van der Waals surface area (Å²) in [6.45, 7) is 7.93. The number of ketones is 1. The maximum absolute atomic E-state index is 13.2. The molecule has 1 aliphatic heterocycles. The Kier molecular flexibility index (Phi) is 5.81. The summed E-state index contributed by atoms with van der Waals surface area (Å²) in [5.74, 6) is -0.825. The summed E-state index contributed by atoms with van der Waals surface area (Å²) in [4.78, 5) is 26.1. The van der Waals surface area contributed by atoms with Crippen LogP contribution >= 0.6 is 15.9 Å². The van der Waals surface area contributed by atoms with Gasteiger partial charge in [0, 0.05) is 29.3 Å². The van der Waals surface area contributed by atoms with Gasteiger partial charge in [0.25, 0.3) is 0 Å². The molecule has 0 saturated carbocycles. The number of allylic oxidation sites excluding steroid dienone is 3. The highest BCUT2D eigenvalue weighted by Gasteiger charge is 2.43. The molecule has 1 aliphatic carbocycles. The lowest BCUT2D eigenvalue weighted by molar-refractivity contribution is -0.138. The topological polar surface area (TPSA) is 84.9 Å². The Morgan fingerprint density at radius 2 is 2.03 bits per heavy atom.